The molecule has 2 heterocycles. The van der Waals surface area contributed by atoms with E-state index >= 15 is 0 Å². The van der Waals surface area contributed by atoms with Crippen LogP contribution < -0.4 is 4.74 Å². The third kappa shape index (κ3) is 4.26. The Morgan fingerprint density at radius 3 is 2.27 bits per heavy atom. The quantitative estimate of drug-likeness (QED) is 0.517. The smallest absolute Gasteiger partial charge is 0.410 e. The number of carbonyl (C=O) groups excluding carboxylic acids is 1. The highest BCUT2D eigenvalue weighted by molar-refractivity contribution is 5.79. The van der Waals surface area contributed by atoms with E-state index in [2.05, 4.69) is 24.3 Å². The number of nitrogens with zero attached hydrogens (tertiary/aromatic N) is 1. The van der Waals surface area contributed by atoms with Gasteiger partial charge in [0.2, 0.25) is 0 Å². The van der Waals surface area contributed by atoms with Crippen molar-refractivity contribution < 1.29 is 28.5 Å². The first-order valence-corrected chi connectivity index (χ1v) is 12.8. The number of hydrogen-bond acceptors (Lipinski definition) is 5. The van der Waals surface area contributed by atoms with E-state index < -0.39 is 17.5 Å². The molecule has 2 unspecified atom stereocenters. The molecular formula is C30H30FNO5. The minimum Gasteiger partial charge on any atom is -0.494 e. The van der Waals surface area contributed by atoms with Crippen molar-refractivity contribution in [2.45, 2.75) is 43.4 Å². The Bertz CT molecular complexity index is 1270. The van der Waals surface area contributed by atoms with Gasteiger partial charge in [0.1, 0.15) is 18.2 Å². The number of morpholine rings is 1. The SMILES string of the molecule is CCOc1cc(F)cc(C2(O)CC3COCC(C2)N3C(=O)OCC2c3ccccc3-c3ccccc32)c1. The van der Waals surface area contributed by atoms with E-state index in [1.54, 1.807) is 11.0 Å². The monoisotopic (exact) mass is 503 g/mol. The summed E-state index contributed by atoms with van der Waals surface area (Å²) in [7, 11) is 0. The van der Waals surface area contributed by atoms with Crippen LogP contribution in [0.3, 0.4) is 0 Å². The lowest BCUT2D eigenvalue weighted by Gasteiger charge is -2.51. The van der Waals surface area contributed by atoms with E-state index in [-0.39, 0.29) is 50.7 Å². The maximum atomic E-state index is 14.3. The summed E-state index contributed by atoms with van der Waals surface area (Å²) in [5, 5.41) is 11.6. The normalized spacial score (nSPS) is 24.4. The molecule has 192 valence electrons. The van der Waals surface area contributed by atoms with Gasteiger partial charge in [-0.1, -0.05) is 48.5 Å². The number of rotatable bonds is 5. The largest absolute Gasteiger partial charge is 0.494 e. The van der Waals surface area contributed by atoms with Crippen LogP contribution in [0, 0.1) is 5.82 Å². The molecule has 0 saturated carbocycles. The Hall–Kier alpha value is -3.42. The summed E-state index contributed by atoms with van der Waals surface area (Å²) in [4.78, 5) is 15.1. The summed E-state index contributed by atoms with van der Waals surface area (Å²) in [6.45, 7) is 3.03. The van der Waals surface area contributed by atoms with Crippen LogP contribution in [-0.4, -0.2) is 54.6 Å². The summed E-state index contributed by atoms with van der Waals surface area (Å²) in [5.41, 5.74) is 3.82. The van der Waals surface area contributed by atoms with E-state index in [4.69, 9.17) is 14.2 Å². The summed E-state index contributed by atoms with van der Waals surface area (Å²) in [5.74, 6) is -0.112. The molecule has 3 aromatic rings. The molecule has 1 aliphatic carbocycles. The van der Waals surface area contributed by atoms with Gasteiger partial charge >= 0.3 is 6.09 Å². The van der Waals surface area contributed by atoms with Crippen molar-refractivity contribution in [3.63, 3.8) is 0 Å². The molecule has 2 atom stereocenters. The average Bonchev–Trinajstić information content (AvgIpc) is 3.20. The minimum atomic E-state index is -1.30. The van der Waals surface area contributed by atoms with E-state index in [1.807, 2.05) is 31.2 Å². The summed E-state index contributed by atoms with van der Waals surface area (Å²) in [6, 6.07) is 20.0. The highest BCUT2D eigenvalue weighted by atomic mass is 19.1. The second-order valence-corrected chi connectivity index (χ2v) is 10.1. The molecule has 2 aliphatic heterocycles. The zero-order valence-corrected chi connectivity index (χ0v) is 20.7. The van der Waals surface area contributed by atoms with Crippen LogP contribution in [0.15, 0.2) is 66.7 Å². The topological polar surface area (TPSA) is 68.2 Å². The molecule has 1 N–H and O–H groups in total. The van der Waals surface area contributed by atoms with Crippen LogP contribution in [0.25, 0.3) is 11.1 Å². The van der Waals surface area contributed by atoms with Crippen LogP contribution in [0.1, 0.15) is 42.4 Å². The number of halogens is 1. The zero-order valence-electron chi connectivity index (χ0n) is 20.7. The molecule has 37 heavy (non-hydrogen) atoms. The van der Waals surface area contributed by atoms with Gasteiger partial charge in [0.15, 0.2) is 0 Å². The number of carbonyl (C=O) groups is 1. The number of piperidine rings is 1. The molecule has 0 aromatic heterocycles. The maximum Gasteiger partial charge on any atom is 0.410 e. The second kappa shape index (κ2) is 9.47. The average molecular weight is 504 g/mol. The van der Waals surface area contributed by atoms with Gasteiger partial charge in [-0.15, -0.1) is 0 Å². The molecular weight excluding hydrogens is 473 g/mol. The van der Waals surface area contributed by atoms with Crippen molar-refractivity contribution in [3.05, 3.63) is 89.2 Å². The molecule has 2 bridgehead atoms. The molecule has 6 nitrogen and oxygen atoms in total. The van der Waals surface area contributed by atoms with E-state index in [0.29, 0.717) is 17.9 Å². The number of hydrogen-bond donors (Lipinski definition) is 1. The first-order chi connectivity index (χ1) is 18.0. The predicted molar refractivity (Wildman–Crippen MR) is 136 cm³/mol. The number of ether oxygens (including phenoxy) is 3. The van der Waals surface area contributed by atoms with Gasteiger partial charge in [-0.25, -0.2) is 9.18 Å². The van der Waals surface area contributed by atoms with Crippen LogP contribution in [0.4, 0.5) is 9.18 Å². The van der Waals surface area contributed by atoms with Crippen molar-refractivity contribution in [3.8, 4) is 16.9 Å². The summed E-state index contributed by atoms with van der Waals surface area (Å²) < 4.78 is 31.5. The number of fused-ring (bicyclic) bond motifs is 5. The molecule has 0 spiro atoms. The highest BCUT2D eigenvalue weighted by Gasteiger charge is 2.49. The van der Waals surface area contributed by atoms with Crippen molar-refractivity contribution >= 4 is 6.09 Å². The lowest BCUT2D eigenvalue weighted by Crippen LogP contribution is -2.62. The van der Waals surface area contributed by atoms with E-state index in [0.717, 1.165) is 11.1 Å². The fourth-order valence-corrected chi connectivity index (χ4v) is 6.26. The highest BCUT2D eigenvalue weighted by Crippen LogP contribution is 2.45. The fourth-order valence-electron chi connectivity index (χ4n) is 6.26. The summed E-state index contributed by atoms with van der Waals surface area (Å²) in [6.07, 6.45) is 0.0438. The Balaban J connectivity index is 1.20. The van der Waals surface area contributed by atoms with Gasteiger partial charge in [0.05, 0.1) is 37.5 Å². The van der Waals surface area contributed by atoms with Crippen molar-refractivity contribution in [1.29, 1.82) is 0 Å². The Labute approximate surface area is 215 Å². The molecule has 7 heteroatoms. The number of amides is 1. The van der Waals surface area contributed by atoms with Crippen LogP contribution in [0.2, 0.25) is 0 Å². The van der Waals surface area contributed by atoms with Crippen LogP contribution >= 0.6 is 0 Å². The maximum absolute atomic E-state index is 14.3. The molecule has 3 aromatic carbocycles. The number of aliphatic hydroxyl groups is 1. The van der Waals surface area contributed by atoms with Gasteiger partial charge in [-0.2, -0.15) is 0 Å². The summed E-state index contributed by atoms with van der Waals surface area (Å²) >= 11 is 0. The standard InChI is InChI=1S/C30H30FNO5/c1-2-36-23-12-19(11-20(31)13-23)30(34)14-21-16-35-17-22(15-30)32(21)29(33)37-18-28-26-9-5-3-7-24(26)25-8-4-6-10-27(25)28/h3-13,21-22,28,34H,2,14-18H2,1H3. The lowest BCUT2D eigenvalue weighted by molar-refractivity contribution is -0.136. The van der Waals surface area contributed by atoms with E-state index in [9.17, 15) is 14.3 Å². The molecule has 2 fully saturated rings. The van der Waals surface area contributed by atoms with E-state index in [1.165, 1.54) is 23.3 Å². The third-order valence-electron chi connectivity index (χ3n) is 7.82. The minimum absolute atomic E-state index is 0.0292. The third-order valence-corrected chi connectivity index (χ3v) is 7.82. The Morgan fingerprint density at radius 1 is 1.03 bits per heavy atom. The lowest BCUT2D eigenvalue weighted by atomic mass is 9.77. The van der Waals surface area contributed by atoms with Crippen LogP contribution in [-0.2, 0) is 15.1 Å². The van der Waals surface area contributed by atoms with Gasteiger partial charge in [-0.3, -0.25) is 4.90 Å². The first-order valence-electron chi connectivity index (χ1n) is 12.8. The predicted octanol–water partition coefficient (Wildman–Crippen LogP) is 5.22. The second-order valence-electron chi connectivity index (χ2n) is 10.1. The fraction of sp³-hybridized carbons (Fsp3) is 0.367. The van der Waals surface area contributed by atoms with Crippen LogP contribution in [0.5, 0.6) is 5.75 Å². The molecule has 3 aliphatic rings. The molecule has 0 radical (unpaired) electrons. The molecule has 1 amide bonds. The zero-order chi connectivity index (χ0) is 25.6. The molecule has 2 saturated heterocycles. The van der Waals surface area contributed by atoms with Crippen molar-refractivity contribution in [2.24, 2.45) is 0 Å². The Morgan fingerprint density at radius 2 is 1.65 bits per heavy atom. The van der Waals surface area contributed by atoms with Gasteiger partial charge in [-0.05, 0) is 46.9 Å². The first kappa shape index (κ1) is 23.9. The van der Waals surface area contributed by atoms with Crippen molar-refractivity contribution in [2.75, 3.05) is 26.4 Å². The molecule has 6 rings (SSSR count). The van der Waals surface area contributed by atoms with Crippen molar-refractivity contribution in [1.82, 2.24) is 4.90 Å². The van der Waals surface area contributed by atoms with Gasteiger partial charge in [0, 0.05) is 24.8 Å². The van der Waals surface area contributed by atoms with Gasteiger partial charge in [0.25, 0.3) is 0 Å². The Kier molecular flexibility index (Phi) is 6.13. The van der Waals surface area contributed by atoms with Gasteiger partial charge < -0.3 is 19.3 Å². The number of benzene rings is 3.